The molecular formula is C23H27NO5. The van der Waals surface area contributed by atoms with Gasteiger partial charge in [-0.2, -0.15) is 0 Å². The molecule has 0 unspecified atom stereocenters. The van der Waals surface area contributed by atoms with Crippen LogP contribution in [0, 0.1) is 19.8 Å². The Kier molecular flexibility index (Phi) is 5.60. The highest BCUT2D eigenvalue weighted by Crippen LogP contribution is 2.33. The number of esters is 1. The fourth-order valence-corrected chi connectivity index (χ4v) is 4.22. The van der Waals surface area contributed by atoms with E-state index in [9.17, 15) is 9.59 Å². The molecule has 6 nitrogen and oxygen atoms in total. The molecule has 1 aromatic heterocycles. The maximum Gasteiger partial charge on any atom is 0.309 e. The molecule has 2 heterocycles. The van der Waals surface area contributed by atoms with Gasteiger partial charge < -0.3 is 18.8 Å². The standard InChI is InChI=1S/C23H27NO5/c1-15-10-19(20(25)13-27-23(26)18-6-4-3-5-7-18)16(2)24(15)12-17-8-9-21-22(11-17)29-14-28-21/h8-11,18H,3-7,12-14H2,1-2H3. The van der Waals surface area contributed by atoms with Crippen LogP contribution in [-0.2, 0) is 16.1 Å². The lowest BCUT2D eigenvalue weighted by molar-refractivity contribution is -0.148. The van der Waals surface area contributed by atoms with E-state index >= 15 is 0 Å². The second-order valence-corrected chi connectivity index (χ2v) is 7.92. The van der Waals surface area contributed by atoms with Gasteiger partial charge >= 0.3 is 5.97 Å². The molecule has 0 atom stereocenters. The van der Waals surface area contributed by atoms with Crippen LogP contribution in [0.4, 0.5) is 0 Å². The molecule has 0 bridgehead atoms. The minimum Gasteiger partial charge on any atom is -0.457 e. The van der Waals surface area contributed by atoms with Crippen LogP contribution in [0.5, 0.6) is 11.5 Å². The van der Waals surface area contributed by atoms with Gasteiger partial charge in [0, 0.05) is 23.5 Å². The molecule has 0 radical (unpaired) electrons. The van der Waals surface area contributed by atoms with Gasteiger partial charge in [0.15, 0.2) is 18.1 Å². The first-order valence-corrected chi connectivity index (χ1v) is 10.3. The van der Waals surface area contributed by atoms with Crippen LogP contribution in [-0.4, -0.2) is 29.7 Å². The Balaban J connectivity index is 1.42. The third-order valence-electron chi connectivity index (χ3n) is 5.94. The third kappa shape index (κ3) is 4.16. The van der Waals surface area contributed by atoms with E-state index in [0.717, 1.165) is 54.1 Å². The van der Waals surface area contributed by atoms with Crippen molar-refractivity contribution in [2.45, 2.75) is 52.5 Å². The molecule has 29 heavy (non-hydrogen) atoms. The van der Waals surface area contributed by atoms with Gasteiger partial charge in [0.25, 0.3) is 0 Å². The van der Waals surface area contributed by atoms with Crippen LogP contribution in [0.15, 0.2) is 24.3 Å². The summed E-state index contributed by atoms with van der Waals surface area (Å²) >= 11 is 0. The van der Waals surface area contributed by atoms with E-state index in [1.54, 1.807) is 0 Å². The van der Waals surface area contributed by atoms with Crippen molar-refractivity contribution in [3.63, 3.8) is 0 Å². The van der Waals surface area contributed by atoms with Crippen molar-refractivity contribution >= 4 is 11.8 Å². The first kappa shape index (κ1) is 19.6. The van der Waals surface area contributed by atoms with Crippen molar-refractivity contribution < 1.29 is 23.8 Å². The smallest absolute Gasteiger partial charge is 0.309 e. The molecule has 1 aliphatic heterocycles. The van der Waals surface area contributed by atoms with Crippen molar-refractivity contribution in [1.29, 1.82) is 0 Å². The Morgan fingerprint density at radius 1 is 1.07 bits per heavy atom. The summed E-state index contributed by atoms with van der Waals surface area (Å²) in [4.78, 5) is 24.9. The predicted octanol–water partition coefficient (Wildman–Crippen LogP) is 4.19. The minimum absolute atomic E-state index is 0.0463. The molecule has 6 heteroatoms. The van der Waals surface area contributed by atoms with E-state index in [0.29, 0.717) is 12.1 Å². The summed E-state index contributed by atoms with van der Waals surface area (Å²) in [6.07, 6.45) is 5.05. The predicted molar refractivity (Wildman–Crippen MR) is 107 cm³/mol. The number of Topliss-reactive ketones (excluding diaryl/α,β-unsaturated/α-hetero) is 1. The number of aromatic nitrogens is 1. The number of benzene rings is 1. The first-order chi connectivity index (χ1) is 14.0. The van der Waals surface area contributed by atoms with Crippen LogP contribution in [0.25, 0.3) is 0 Å². The minimum atomic E-state index is -0.229. The van der Waals surface area contributed by atoms with Crippen LogP contribution in [0.3, 0.4) is 0 Å². The number of aryl methyl sites for hydroxylation is 1. The summed E-state index contributed by atoms with van der Waals surface area (Å²) in [5.41, 5.74) is 3.54. The highest BCUT2D eigenvalue weighted by molar-refractivity contribution is 5.99. The van der Waals surface area contributed by atoms with Gasteiger partial charge in [-0.05, 0) is 50.5 Å². The Morgan fingerprint density at radius 3 is 2.62 bits per heavy atom. The van der Waals surface area contributed by atoms with Crippen LogP contribution in [0.2, 0.25) is 0 Å². The molecule has 4 rings (SSSR count). The monoisotopic (exact) mass is 397 g/mol. The Morgan fingerprint density at radius 2 is 1.83 bits per heavy atom. The van der Waals surface area contributed by atoms with E-state index < -0.39 is 0 Å². The molecule has 0 saturated heterocycles. The summed E-state index contributed by atoms with van der Waals surface area (Å²) in [6.45, 7) is 4.59. The lowest BCUT2D eigenvalue weighted by Gasteiger charge is -2.19. The van der Waals surface area contributed by atoms with Crippen LogP contribution in [0.1, 0.15) is 59.4 Å². The highest BCUT2D eigenvalue weighted by Gasteiger charge is 2.24. The molecular weight excluding hydrogens is 370 g/mol. The summed E-state index contributed by atoms with van der Waals surface area (Å²) in [7, 11) is 0. The molecule has 1 aromatic carbocycles. The van der Waals surface area contributed by atoms with E-state index in [4.69, 9.17) is 14.2 Å². The zero-order valence-corrected chi connectivity index (χ0v) is 17.0. The highest BCUT2D eigenvalue weighted by atomic mass is 16.7. The molecule has 0 amide bonds. The van der Waals surface area contributed by atoms with Crippen LogP contribution >= 0.6 is 0 Å². The van der Waals surface area contributed by atoms with E-state index in [-0.39, 0.29) is 31.1 Å². The fourth-order valence-electron chi connectivity index (χ4n) is 4.22. The molecule has 1 aliphatic carbocycles. The number of nitrogens with zero attached hydrogens (tertiary/aromatic N) is 1. The largest absolute Gasteiger partial charge is 0.457 e. The Hall–Kier alpha value is -2.76. The van der Waals surface area contributed by atoms with Gasteiger partial charge in [0.2, 0.25) is 12.6 Å². The topological polar surface area (TPSA) is 66.8 Å². The number of ketones is 1. The number of hydrogen-bond donors (Lipinski definition) is 0. The van der Waals surface area contributed by atoms with Gasteiger partial charge in [-0.1, -0.05) is 25.3 Å². The molecule has 2 aliphatic rings. The van der Waals surface area contributed by atoms with Gasteiger partial charge in [0.05, 0.1) is 5.92 Å². The van der Waals surface area contributed by atoms with Gasteiger partial charge in [-0.25, -0.2) is 0 Å². The van der Waals surface area contributed by atoms with Crippen molar-refractivity contribution in [2.24, 2.45) is 5.92 Å². The molecule has 1 saturated carbocycles. The summed E-state index contributed by atoms with van der Waals surface area (Å²) in [6, 6.07) is 7.75. The average molecular weight is 397 g/mol. The van der Waals surface area contributed by atoms with E-state index in [1.165, 1.54) is 6.42 Å². The van der Waals surface area contributed by atoms with Gasteiger partial charge in [-0.3, -0.25) is 9.59 Å². The lowest BCUT2D eigenvalue weighted by atomic mass is 9.89. The lowest BCUT2D eigenvalue weighted by Crippen LogP contribution is -2.23. The van der Waals surface area contributed by atoms with Gasteiger partial charge in [-0.15, -0.1) is 0 Å². The number of rotatable bonds is 6. The maximum atomic E-state index is 12.7. The molecule has 1 fully saturated rings. The fraction of sp³-hybridized carbons (Fsp3) is 0.478. The molecule has 154 valence electrons. The van der Waals surface area contributed by atoms with Crippen LogP contribution < -0.4 is 9.47 Å². The summed E-state index contributed by atoms with van der Waals surface area (Å²) in [5.74, 6) is 1.07. The van der Waals surface area contributed by atoms with Crippen molar-refractivity contribution in [3.05, 3.63) is 46.8 Å². The second kappa shape index (κ2) is 8.31. The zero-order valence-electron chi connectivity index (χ0n) is 17.0. The number of fused-ring (bicyclic) bond motifs is 1. The second-order valence-electron chi connectivity index (χ2n) is 7.92. The van der Waals surface area contributed by atoms with E-state index in [1.807, 2.05) is 38.1 Å². The summed E-state index contributed by atoms with van der Waals surface area (Å²) in [5, 5.41) is 0. The number of carbonyl (C=O) groups is 2. The number of ether oxygens (including phenoxy) is 3. The SMILES string of the molecule is Cc1cc(C(=O)COC(=O)C2CCCCC2)c(C)n1Cc1ccc2c(c1)OCO2. The van der Waals surface area contributed by atoms with Crippen molar-refractivity contribution in [3.8, 4) is 11.5 Å². The molecule has 0 N–H and O–H groups in total. The average Bonchev–Trinajstić information content (AvgIpc) is 3.31. The normalized spacial score (nSPS) is 16.1. The third-order valence-corrected chi connectivity index (χ3v) is 5.94. The first-order valence-electron chi connectivity index (χ1n) is 10.3. The Bertz CT molecular complexity index is 924. The maximum absolute atomic E-state index is 12.7. The Labute approximate surface area is 170 Å². The number of hydrogen-bond acceptors (Lipinski definition) is 5. The quantitative estimate of drug-likeness (QED) is 0.540. The van der Waals surface area contributed by atoms with Crippen molar-refractivity contribution in [2.75, 3.05) is 13.4 Å². The molecule has 2 aromatic rings. The van der Waals surface area contributed by atoms with Crippen molar-refractivity contribution in [1.82, 2.24) is 4.57 Å². The van der Waals surface area contributed by atoms with Gasteiger partial charge in [0.1, 0.15) is 0 Å². The summed E-state index contributed by atoms with van der Waals surface area (Å²) < 4.78 is 18.2. The van der Waals surface area contributed by atoms with E-state index in [2.05, 4.69) is 4.57 Å². The molecule has 0 spiro atoms. The number of carbonyl (C=O) groups excluding carboxylic acids is 2. The zero-order chi connectivity index (χ0) is 20.4.